The minimum absolute atomic E-state index is 0.216. The van der Waals surface area contributed by atoms with Gasteiger partial charge in [0.2, 0.25) is 5.91 Å². The number of amides is 1. The monoisotopic (exact) mass is 440 g/mol. The van der Waals surface area contributed by atoms with Gasteiger partial charge in [-0.05, 0) is 49.9 Å². The lowest BCUT2D eigenvalue weighted by atomic mass is 9.92. The van der Waals surface area contributed by atoms with Crippen LogP contribution in [0.15, 0.2) is 42.6 Å². The summed E-state index contributed by atoms with van der Waals surface area (Å²) in [6, 6.07) is 11.0. The Kier molecular flexibility index (Phi) is 7.58. The Morgan fingerprint density at radius 1 is 1.16 bits per heavy atom. The number of piperazine rings is 1. The Hall–Kier alpha value is -2.67. The lowest BCUT2D eigenvalue weighted by Crippen LogP contribution is -2.49. The number of halogens is 1. The third kappa shape index (κ3) is 5.76. The number of rotatable bonds is 7. The van der Waals surface area contributed by atoms with Gasteiger partial charge in [0.1, 0.15) is 17.4 Å². The molecule has 4 rings (SSSR count). The summed E-state index contributed by atoms with van der Waals surface area (Å²) in [5, 5.41) is 0. The van der Waals surface area contributed by atoms with Crippen molar-refractivity contribution in [2.75, 3.05) is 51.3 Å². The van der Waals surface area contributed by atoms with E-state index < -0.39 is 0 Å². The second kappa shape index (κ2) is 10.8. The Bertz CT molecular complexity index is 887. The van der Waals surface area contributed by atoms with Gasteiger partial charge in [-0.25, -0.2) is 9.37 Å². The van der Waals surface area contributed by atoms with E-state index >= 15 is 0 Å². The first-order valence-corrected chi connectivity index (χ1v) is 11.6. The predicted octanol–water partition coefficient (Wildman–Crippen LogP) is 3.57. The average Bonchev–Trinajstić information content (AvgIpc) is 2.84. The Morgan fingerprint density at radius 3 is 2.72 bits per heavy atom. The molecule has 0 aliphatic carbocycles. The van der Waals surface area contributed by atoms with Gasteiger partial charge in [0.05, 0.1) is 7.11 Å². The number of carbonyl (C=O) groups is 1. The number of anilines is 1. The summed E-state index contributed by atoms with van der Waals surface area (Å²) in [4.78, 5) is 23.7. The number of methoxy groups -OCH3 is 1. The highest BCUT2D eigenvalue weighted by molar-refractivity contribution is 5.76. The van der Waals surface area contributed by atoms with Crippen LogP contribution in [0.5, 0.6) is 5.75 Å². The van der Waals surface area contributed by atoms with Crippen LogP contribution in [0.3, 0.4) is 0 Å². The van der Waals surface area contributed by atoms with E-state index in [4.69, 9.17) is 4.74 Å². The smallest absolute Gasteiger partial charge is 0.222 e. The van der Waals surface area contributed by atoms with E-state index in [0.29, 0.717) is 30.2 Å². The fourth-order valence-corrected chi connectivity index (χ4v) is 4.77. The first kappa shape index (κ1) is 22.5. The summed E-state index contributed by atoms with van der Waals surface area (Å²) in [6.07, 6.45) is 5.55. The highest BCUT2D eigenvalue weighted by Gasteiger charge is 2.25. The summed E-state index contributed by atoms with van der Waals surface area (Å²) in [5.41, 5.74) is 0.702. The third-order valence-corrected chi connectivity index (χ3v) is 6.63. The molecular formula is C25H33FN4O2. The minimum atomic E-state index is -0.216. The van der Waals surface area contributed by atoms with Crippen LogP contribution < -0.4 is 9.64 Å². The molecule has 1 amide bonds. The van der Waals surface area contributed by atoms with E-state index in [1.807, 2.05) is 41.4 Å². The second-order valence-electron chi connectivity index (χ2n) is 8.80. The van der Waals surface area contributed by atoms with Crippen LogP contribution in [0, 0.1) is 11.7 Å². The van der Waals surface area contributed by atoms with Crippen molar-refractivity contribution in [2.45, 2.75) is 32.2 Å². The Labute approximate surface area is 190 Å². The topological polar surface area (TPSA) is 48.9 Å². The molecule has 6 nitrogen and oxygen atoms in total. The SMILES string of the molecule is COc1ccc(CN2CCCC(CCC(=O)N3CCN(c4ccccn4)CC3)C2)c(F)c1. The van der Waals surface area contributed by atoms with Crippen molar-refractivity contribution in [3.63, 3.8) is 0 Å². The number of benzene rings is 1. The van der Waals surface area contributed by atoms with Crippen LogP contribution in [0.2, 0.25) is 0 Å². The van der Waals surface area contributed by atoms with Crippen molar-refractivity contribution in [1.82, 2.24) is 14.8 Å². The number of hydrogen-bond acceptors (Lipinski definition) is 5. The van der Waals surface area contributed by atoms with Crippen LogP contribution in [0.4, 0.5) is 10.2 Å². The number of piperidine rings is 1. The number of ether oxygens (including phenoxy) is 1. The highest BCUT2D eigenvalue weighted by Crippen LogP contribution is 2.25. The van der Waals surface area contributed by atoms with Crippen LogP contribution in [-0.4, -0.2) is 67.1 Å². The molecule has 0 N–H and O–H groups in total. The first-order chi connectivity index (χ1) is 15.6. The zero-order valence-electron chi connectivity index (χ0n) is 18.9. The summed E-state index contributed by atoms with van der Waals surface area (Å²) < 4.78 is 19.4. The van der Waals surface area contributed by atoms with Crippen molar-refractivity contribution in [2.24, 2.45) is 5.92 Å². The normalized spacial score (nSPS) is 19.8. The molecule has 2 aromatic rings. The van der Waals surface area contributed by atoms with E-state index in [9.17, 15) is 9.18 Å². The maximum atomic E-state index is 14.3. The maximum absolute atomic E-state index is 14.3. The van der Waals surface area contributed by atoms with Crippen molar-refractivity contribution in [3.8, 4) is 5.75 Å². The Balaban J connectivity index is 1.21. The van der Waals surface area contributed by atoms with Gasteiger partial charge in [-0.2, -0.15) is 0 Å². The van der Waals surface area contributed by atoms with Gasteiger partial charge >= 0.3 is 0 Å². The van der Waals surface area contributed by atoms with E-state index in [1.165, 1.54) is 6.07 Å². The molecular weight excluding hydrogens is 407 g/mol. The summed E-state index contributed by atoms with van der Waals surface area (Å²) in [5.74, 6) is 2.05. The molecule has 32 heavy (non-hydrogen) atoms. The zero-order valence-corrected chi connectivity index (χ0v) is 18.9. The molecule has 2 aliphatic heterocycles. The van der Waals surface area contributed by atoms with Crippen molar-refractivity contribution in [1.29, 1.82) is 0 Å². The van der Waals surface area contributed by atoms with Gasteiger partial charge in [0.15, 0.2) is 0 Å². The van der Waals surface area contributed by atoms with Crippen molar-refractivity contribution < 1.29 is 13.9 Å². The van der Waals surface area contributed by atoms with Crippen molar-refractivity contribution >= 4 is 11.7 Å². The number of likely N-dealkylation sites (tertiary alicyclic amines) is 1. The lowest BCUT2D eigenvalue weighted by molar-refractivity contribution is -0.131. The molecule has 0 radical (unpaired) electrons. The summed E-state index contributed by atoms with van der Waals surface area (Å²) >= 11 is 0. The van der Waals surface area contributed by atoms with E-state index in [1.54, 1.807) is 7.11 Å². The van der Waals surface area contributed by atoms with Gasteiger partial charge in [0.25, 0.3) is 0 Å². The molecule has 2 aliphatic rings. The Morgan fingerprint density at radius 2 is 2.00 bits per heavy atom. The molecule has 2 fully saturated rings. The van der Waals surface area contributed by atoms with Crippen LogP contribution in [0.1, 0.15) is 31.2 Å². The van der Waals surface area contributed by atoms with E-state index in [-0.39, 0.29) is 11.7 Å². The van der Waals surface area contributed by atoms with Crippen LogP contribution in [-0.2, 0) is 11.3 Å². The number of pyridine rings is 1. The lowest BCUT2D eigenvalue weighted by Gasteiger charge is -2.36. The number of aromatic nitrogens is 1. The van der Waals surface area contributed by atoms with Gasteiger partial charge < -0.3 is 14.5 Å². The quantitative estimate of drug-likeness (QED) is 0.659. The minimum Gasteiger partial charge on any atom is -0.497 e. The first-order valence-electron chi connectivity index (χ1n) is 11.6. The molecule has 2 saturated heterocycles. The molecule has 3 heterocycles. The van der Waals surface area contributed by atoms with Crippen LogP contribution >= 0.6 is 0 Å². The molecule has 0 spiro atoms. The molecule has 1 aromatic carbocycles. The average molecular weight is 441 g/mol. The van der Waals surface area contributed by atoms with E-state index in [0.717, 1.165) is 64.3 Å². The molecule has 1 atom stereocenters. The largest absolute Gasteiger partial charge is 0.497 e. The fraction of sp³-hybridized carbons (Fsp3) is 0.520. The molecule has 1 aromatic heterocycles. The zero-order chi connectivity index (χ0) is 22.3. The van der Waals surface area contributed by atoms with Crippen LogP contribution in [0.25, 0.3) is 0 Å². The summed E-state index contributed by atoms with van der Waals surface area (Å²) in [7, 11) is 1.55. The molecule has 172 valence electrons. The summed E-state index contributed by atoms with van der Waals surface area (Å²) in [6.45, 7) is 5.67. The second-order valence-corrected chi connectivity index (χ2v) is 8.80. The van der Waals surface area contributed by atoms with E-state index in [2.05, 4.69) is 14.8 Å². The molecule has 7 heteroatoms. The number of carbonyl (C=O) groups excluding carboxylic acids is 1. The van der Waals surface area contributed by atoms with Gasteiger partial charge in [-0.15, -0.1) is 0 Å². The van der Waals surface area contributed by atoms with Gasteiger partial charge in [-0.3, -0.25) is 9.69 Å². The fourth-order valence-electron chi connectivity index (χ4n) is 4.77. The van der Waals surface area contributed by atoms with Crippen molar-refractivity contribution in [3.05, 3.63) is 54.0 Å². The van der Waals surface area contributed by atoms with Gasteiger partial charge in [0, 0.05) is 63.5 Å². The number of nitrogens with zero attached hydrogens (tertiary/aromatic N) is 4. The standard InChI is InChI=1S/C25H33FN4O2/c1-32-22-9-8-21(23(26)17-22)19-28-12-4-5-20(18-28)7-10-25(31)30-15-13-29(14-16-30)24-6-2-3-11-27-24/h2-3,6,8-9,11,17,20H,4-5,7,10,12-16,18-19H2,1H3. The third-order valence-electron chi connectivity index (χ3n) is 6.63. The molecule has 0 bridgehead atoms. The maximum Gasteiger partial charge on any atom is 0.222 e. The molecule has 1 unspecified atom stereocenters. The van der Waals surface area contributed by atoms with Gasteiger partial charge in [-0.1, -0.05) is 12.1 Å². The predicted molar refractivity (Wildman–Crippen MR) is 123 cm³/mol. The number of hydrogen-bond donors (Lipinski definition) is 0. The highest BCUT2D eigenvalue weighted by atomic mass is 19.1. The molecule has 0 saturated carbocycles.